The first-order chi connectivity index (χ1) is 17.3. The Morgan fingerprint density at radius 3 is 2.86 bits per heavy atom. The van der Waals surface area contributed by atoms with E-state index >= 15 is 0 Å². The zero-order valence-electron chi connectivity index (χ0n) is 21.3. The van der Waals surface area contributed by atoms with Crippen molar-refractivity contribution in [1.29, 1.82) is 5.53 Å². The second-order valence-corrected chi connectivity index (χ2v) is 9.81. The van der Waals surface area contributed by atoms with E-state index in [9.17, 15) is 9.18 Å². The van der Waals surface area contributed by atoms with Crippen LogP contribution in [0, 0.1) is 24.2 Å². The molecule has 2 aliphatic rings. The van der Waals surface area contributed by atoms with Crippen molar-refractivity contribution in [3.8, 4) is 5.88 Å². The maximum atomic E-state index is 14.5. The molecule has 1 unspecified atom stereocenters. The number of fused-ring (bicyclic) bond motifs is 1. The van der Waals surface area contributed by atoms with E-state index in [0.717, 1.165) is 73.8 Å². The number of Topliss-reactive ketones (excluding diaryl/α,β-unsaturated/α-hetero) is 1. The van der Waals surface area contributed by atoms with Gasteiger partial charge in [-0.2, -0.15) is 5.10 Å². The Morgan fingerprint density at radius 2 is 2.14 bits per heavy atom. The zero-order chi connectivity index (χ0) is 25.9. The van der Waals surface area contributed by atoms with E-state index in [2.05, 4.69) is 25.9 Å². The lowest BCUT2D eigenvalue weighted by atomic mass is 9.80. The van der Waals surface area contributed by atoms with Crippen molar-refractivity contribution in [2.24, 2.45) is 16.1 Å². The molecule has 0 saturated heterocycles. The van der Waals surface area contributed by atoms with Crippen LogP contribution in [0.2, 0.25) is 0 Å². The van der Waals surface area contributed by atoms with Gasteiger partial charge in [-0.3, -0.25) is 4.79 Å². The van der Waals surface area contributed by atoms with E-state index < -0.39 is 11.7 Å². The topological polar surface area (TPSA) is 125 Å². The second kappa shape index (κ2) is 10.7. The molecule has 9 nitrogen and oxygen atoms in total. The van der Waals surface area contributed by atoms with Crippen LogP contribution in [0.1, 0.15) is 73.8 Å². The summed E-state index contributed by atoms with van der Waals surface area (Å²) in [6, 6.07) is 3.55. The van der Waals surface area contributed by atoms with Gasteiger partial charge in [0, 0.05) is 41.6 Å². The van der Waals surface area contributed by atoms with Gasteiger partial charge in [0.05, 0.1) is 19.0 Å². The highest BCUT2D eigenvalue weighted by Crippen LogP contribution is 2.42. The minimum Gasteiger partial charge on any atom is -0.481 e. The van der Waals surface area contributed by atoms with Crippen molar-refractivity contribution < 1.29 is 13.9 Å². The minimum atomic E-state index is -0.556. The summed E-state index contributed by atoms with van der Waals surface area (Å²) in [4.78, 5) is 22.1. The van der Waals surface area contributed by atoms with Gasteiger partial charge >= 0.3 is 0 Å². The number of hydrogen-bond acceptors (Lipinski definition) is 8. The van der Waals surface area contributed by atoms with Gasteiger partial charge < -0.3 is 15.5 Å². The maximum Gasteiger partial charge on any atom is 0.213 e. The number of nitrogens with one attached hydrogen (secondary N) is 3. The number of hydrogen-bond donors (Lipinski definition) is 3. The summed E-state index contributed by atoms with van der Waals surface area (Å²) < 4.78 is 19.6. The highest BCUT2D eigenvalue weighted by Gasteiger charge is 2.39. The van der Waals surface area contributed by atoms with Crippen molar-refractivity contribution >= 4 is 17.4 Å². The van der Waals surface area contributed by atoms with Gasteiger partial charge in [-0.25, -0.2) is 19.9 Å². The molecule has 2 aromatic heterocycles. The maximum absolute atomic E-state index is 14.5. The molecule has 0 aromatic carbocycles. The van der Waals surface area contributed by atoms with Crippen molar-refractivity contribution in [2.75, 3.05) is 19.5 Å². The SMILES string of the molecule is CN/N=C(\N=N)c1cc2c(nc1C)N[C@@]1(CCCC(C(=O)[C@H](C)c3cc(OC)ncc3F)CC1)CC2. The number of aryl methyl sites for hydroxylation is 2. The molecule has 1 aliphatic heterocycles. The van der Waals surface area contributed by atoms with Crippen LogP contribution in [0.5, 0.6) is 5.88 Å². The van der Waals surface area contributed by atoms with Crippen LogP contribution in [-0.2, 0) is 11.2 Å². The Kier molecular flexibility index (Phi) is 7.61. The van der Waals surface area contributed by atoms with Crippen LogP contribution in [0.4, 0.5) is 10.2 Å². The molecule has 3 N–H and O–H groups in total. The highest BCUT2D eigenvalue weighted by molar-refractivity contribution is 6.00. The van der Waals surface area contributed by atoms with Crippen LogP contribution >= 0.6 is 0 Å². The monoisotopic (exact) mass is 495 g/mol. The number of nitrogens with zero attached hydrogens (tertiary/aromatic N) is 4. The molecule has 1 fully saturated rings. The summed E-state index contributed by atoms with van der Waals surface area (Å²) in [6.07, 6.45) is 7.19. The second-order valence-electron chi connectivity index (χ2n) is 9.81. The average Bonchev–Trinajstić information content (AvgIpc) is 3.09. The van der Waals surface area contributed by atoms with Crippen LogP contribution in [-0.4, -0.2) is 41.3 Å². The van der Waals surface area contributed by atoms with Crippen molar-refractivity contribution in [3.63, 3.8) is 0 Å². The van der Waals surface area contributed by atoms with Crippen LogP contribution in [0.3, 0.4) is 0 Å². The van der Waals surface area contributed by atoms with Gasteiger partial charge in [0.2, 0.25) is 11.7 Å². The first-order valence-electron chi connectivity index (χ1n) is 12.4. The third-order valence-electron chi connectivity index (χ3n) is 7.66. The number of ether oxygens (including phenoxy) is 1. The Morgan fingerprint density at radius 1 is 1.33 bits per heavy atom. The summed E-state index contributed by atoms with van der Waals surface area (Å²) in [5, 5.41) is 11.3. The number of hydrazone groups is 1. The van der Waals surface area contributed by atoms with E-state index in [1.54, 1.807) is 14.0 Å². The molecular formula is C26H34FN7O2. The lowest BCUT2D eigenvalue weighted by Gasteiger charge is -2.39. The Hall–Kier alpha value is -3.43. The number of ketones is 1. The molecule has 36 heavy (non-hydrogen) atoms. The number of pyridine rings is 2. The average molecular weight is 496 g/mol. The Bertz CT molecular complexity index is 1190. The molecule has 1 saturated carbocycles. The lowest BCUT2D eigenvalue weighted by Crippen LogP contribution is -2.42. The molecule has 10 heteroatoms. The number of methoxy groups -OCH3 is 1. The van der Waals surface area contributed by atoms with E-state index in [1.807, 2.05) is 13.0 Å². The molecule has 1 spiro atoms. The van der Waals surface area contributed by atoms with Gasteiger partial charge in [0.25, 0.3) is 0 Å². The third-order valence-corrected chi connectivity index (χ3v) is 7.66. The number of rotatable bonds is 6. The Balaban J connectivity index is 1.49. The van der Waals surface area contributed by atoms with Crippen molar-refractivity contribution in [1.82, 2.24) is 15.4 Å². The number of amidine groups is 1. The molecule has 3 heterocycles. The predicted molar refractivity (Wildman–Crippen MR) is 135 cm³/mol. The summed E-state index contributed by atoms with van der Waals surface area (Å²) >= 11 is 0. The number of anilines is 1. The first-order valence-corrected chi connectivity index (χ1v) is 12.4. The van der Waals surface area contributed by atoms with Crippen molar-refractivity contribution in [3.05, 3.63) is 46.5 Å². The fourth-order valence-corrected chi connectivity index (χ4v) is 5.56. The van der Waals surface area contributed by atoms with E-state index in [-0.39, 0.29) is 17.2 Å². The molecule has 3 atom stereocenters. The van der Waals surface area contributed by atoms with E-state index in [1.165, 1.54) is 13.2 Å². The zero-order valence-corrected chi connectivity index (χ0v) is 21.3. The molecule has 2 aromatic rings. The minimum absolute atomic E-state index is 0.0736. The standard InChI is InChI=1S/C26H34FN7O2/c1-15(19-13-22(36-4)30-14-21(19)27)23(35)17-6-5-9-26(10-7-17)11-8-18-12-20(25(33-28)34-29-3)16(2)31-24(18)32-26/h12-15,17,28-29H,5-11H2,1-4H3,(H,31,32)/b33-28?,34-25-/t15-,17?,26-/m1/s1. The Labute approximate surface area is 210 Å². The molecule has 192 valence electrons. The van der Waals surface area contributed by atoms with Gasteiger partial charge in [-0.1, -0.05) is 13.3 Å². The lowest BCUT2D eigenvalue weighted by molar-refractivity contribution is -0.124. The van der Waals surface area contributed by atoms with Gasteiger partial charge in [0.15, 0.2) is 0 Å². The van der Waals surface area contributed by atoms with Crippen LogP contribution in [0.15, 0.2) is 28.5 Å². The largest absolute Gasteiger partial charge is 0.481 e. The summed E-state index contributed by atoms with van der Waals surface area (Å²) in [5.74, 6) is 0.400. The molecule has 0 bridgehead atoms. The molecule has 0 amide bonds. The fraction of sp³-hybridized carbons (Fsp3) is 0.538. The number of halogens is 1. The highest BCUT2D eigenvalue weighted by atomic mass is 19.1. The van der Waals surface area contributed by atoms with Gasteiger partial charge in [-0.15, -0.1) is 5.11 Å². The molecule has 4 rings (SSSR count). The predicted octanol–water partition coefficient (Wildman–Crippen LogP) is 4.89. The smallest absolute Gasteiger partial charge is 0.213 e. The number of carbonyl (C=O) groups is 1. The van der Waals surface area contributed by atoms with Crippen LogP contribution in [0.25, 0.3) is 0 Å². The molecular weight excluding hydrogens is 461 g/mol. The summed E-state index contributed by atoms with van der Waals surface area (Å²) in [7, 11) is 3.15. The number of carbonyl (C=O) groups excluding carboxylic acids is 1. The fourth-order valence-electron chi connectivity index (χ4n) is 5.56. The van der Waals surface area contributed by atoms with Gasteiger partial charge in [-0.05, 0) is 57.1 Å². The normalized spacial score (nSPS) is 22.7. The van der Waals surface area contributed by atoms with Gasteiger partial charge in [0.1, 0.15) is 17.4 Å². The van der Waals surface area contributed by atoms with E-state index in [0.29, 0.717) is 17.3 Å². The summed E-state index contributed by atoms with van der Waals surface area (Å²) in [5.41, 5.74) is 12.9. The third kappa shape index (κ3) is 5.08. The van der Waals surface area contributed by atoms with Crippen LogP contribution < -0.4 is 15.5 Å². The molecule has 1 aliphatic carbocycles. The van der Waals surface area contributed by atoms with Crippen molar-refractivity contribution in [2.45, 2.75) is 70.3 Å². The molecule has 0 radical (unpaired) electrons. The quantitative estimate of drug-likeness (QED) is 0.227. The number of aromatic nitrogens is 2. The van der Waals surface area contributed by atoms with E-state index in [4.69, 9.17) is 15.3 Å². The summed E-state index contributed by atoms with van der Waals surface area (Å²) in [6.45, 7) is 3.67. The first kappa shape index (κ1) is 25.7.